The summed E-state index contributed by atoms with van der Waals surface area (Å²) in [5.74, 6) is 0.322. The number of hydrogen-bond donors (Lipinski definition) is 0. The maximum absolute atomic E-state index is 10.9. The summed E-state index contributed by atoms with van der Waals surface area (Å²) in [4.78, 5) is 10.9. The van der Waals surface area contributed by atoms with Gasteiger partial charge in [0.15, 0.2) is 5.78 Å². The summed E-state index contributed by atoms with van der Waals surface area (Å²) in [6, 6.07) is 0. The lowest BCUT2D eigenvalue weighted by Gasteiger charge is -2.10. The lowest BCUT2D eigenvalue weighted by Crippen LogP contribution is -2.03. The summed E-state index contributed by atoms with van der Waals surface area (Å²) in [7, 11) is 0. The molecule has 0 N–H and O–H groups in total. The predicted molar refractivity (Wildman–Crippen MR) is 60.5 cm³/mol. The normalized spacial score (nSPS) is 9.53. The van der Waals surface area contributed by atoms with Crippen molar-refractivity contribution >= 4 is 5.78 Å². The Hall–Kier alpha value is -0.990. The molecule has 0 heterocycles. The highest BCUT2D eigenvalue weighted by atomic mass is 16.7. The second-order valence-corrected chi connectivity index (χ2v) is 3.48. The van der Waals surface area contributed by atoms with Crippen molar-refractivity contribution in [3.8, 4) is 0 Å². The SMILES string of the molecule is CCCCOC(=CC(C)=O)OCCCC. The molecule has 0 spiro atoms. The van der Waals surface area contributed by atoms with Crippen LogP contribution in [0.3, 0.4) is 0 Å². The number of allylic oxidation sites excluding steroid dienone is 1. The van der Waals surface area contributed by atoms with Crippen LogP contribution < -0.4 is 0 Å². The third-order valence-electron chi connectivity index (χ3n) is 1.81. The van der Waals surface area contributed by atoms with Crippen LogP contribution in [0.25, 0.3) is 0 Å². The van der Waals surface area contributed by atoms with Crippen molar-refractivity contribution in [2.24, 2.45) is 0 Å². The van der Waals surface area contributed by atoms with Gasteiger partial charge in [-0.1, -0.05) is 26.7 Å². The van der Waals surface area contributed by atoms with E-state index in [1.165, 1.54) is 13.0 Å². The van der Waals surface area contributed by atoms with Gasteiger partial charge < -0.3 is 9.47 Å². The van der Waals surface area contributed by atoms with E-state index >= 15 is 0 Å². The number of rotatable bonds is 9. The van der Waals surface area contributed by atoms with Crippen molar-refractivity contribution in [3.63, 3.8) is 0 Å². The van der Waals surface area contributed by atoms with Crippen LogP contribution in [0.5, 0.6) is 0 Å². The first-order valence-electron chi connectivity index (χ1n) is 5.68. The average Bonchev–Trinajstić information content (AvgIpc) is 2.17. The molecule has 0 aromatic heterocycles. The fraction of sp³-hybridized carbons (Fsp3) is 0.750. The largest absolute Gasteiger partial charge is 0.465 e. The van der Waals surface area contributed by atoms with Gasteiger partial charge in [-0.25, -0.2) is 0 Å². The number of carbonyl (C=O) groups excluding carboxylic acids is 1. The Bertz CT molecular complexity index is 185. The van der Waals surface area contributed by atoms with E-state index in [0.29, 0.717) is 19.2 Å². The molecular weight excluding hydrogens is 192 g/mol. The predicted octanol–water partition coefficient (Wildman–Crippen LogP) is 3.05. The van der Waals surface area contributed by atoms with Crippen LogP contribution in [-0.4, -0.2) is 19.0 Å². The molecule has 0 aromatic rings. The van der Waals surface area contributed by atoms with Gasteiger partial charge in [0.05, 0.1) is 19.3 Å². The Balaban J connectivity index is 3.90. The molecule has 15 heavy (non-hydrogen) atoms. The van der Waals surface area contributed by atoms with Gasteiger partial charge in [-0.15, -0.1) is 0 Å². The summed E-state index contributed by atoms with van der Waals surface area (Å²) >= 11 is 0. The summed E-state index contributed by atoms with van der Waals surface area (Å²) in [6.45, 7) is 6.90. The van der Waals surface area contributed by atoms with Crippen molar-refractivity contribution in [2.45, 2.75) is 46.5 Å². The number of hydrogen-bond acceptors (Lipinski definition) is 3. The van der Waals surface area contributed by atoms with Crippen LogP contribution in [0.4, 0.5) is 0 Å². The van der Waals surface area contributed by atoms with Crippen molar-refractivity contribution in [3.05, 3.63) is 12.0 Å². The Kier molecular flexibility index (Phi) is 8.93. The van der Waals surface area contributed by atoms with Crippen molar-refractivity contribution in [1.29, 1.82) is 0 Å². The van der Waals surface area contributed by atoms with E-state index in [9.17, 15) is 4.79 Å². The average molecular weight is 214 g/mol. The second kappa shape index (κ2) is 9.56. The topological polar surface area (TPSA) is 35.5 Å². The number of ether oxygens (including phenoxy) is 2. The summed E-state index contributed by atoms with van der Waals surface area (Å²) in [5.41, 5.74) is 0. The van der Waals surface area contributed by atoms with Crippen molar-refractivity contribution in [1.82, 2.24) is 0 Å². The zero-order valence-corrected chi connectivity index (χ0v) is 10.0. The van der Waals surface area contributed by atoms with Crippen molar-refractivity contribution in [2.75, 3.05) is 13.2 Å². The van der Waals surface area contributed by atoms with Gasteiger partial charge >= 0.3 is 0 Å². The lowest BCUT2D eigenvalue weighted by atomic mass is 10.3. The third-order valence-corrected chi connectivity index (χ3v) is 1.81. The van der Waals surface area contributed by atoms with Crippen molar-refractivity contribution < 1.29 is 14.3 Å². The molecule has 0 saturated heterocycles. The van der Waals surface area contributed by atoms with Gasteiger partial charge in [0.25, 0.3) is 5.95 Å². The van der Waals surface area contributed by atoms with E-state index in [1.807, 2.05) is 0 Å². The van der Waals surface area contributed by atoms with Crippen LogP contribution in [0.1, 0.15) is 46.5 Å². The maximum atomic E-state index is 10.9. The first kappa shape index (κ1) is 14.0. The van der Waals surface area contributed by atoms with Crippen LogP contribution in [0, 0.1) is 0 Å². The minimum Gasteiger partial charge on any atom is -0.465 e. The molecule has 0 fully saturated rings. The van der Waals surface area contributed by atoms with E-state index in [1.54, 1.807) is 0 Å². The Labute approximate surface area is 92.5 Å². The quantitative estimate of drug-likeness (QED) is 0.336. The highest BCUT2D eigenvalue weighted by molar-refractivity contribution is 5.87. The molecule has 0 bridgehead atoms. The minimum atomic E-state index is -0.0435. The highest BCUT2D eigenvalue weighted by Crippen LogP contribution is 2.04. The summed E-state index contributed by atoms with van der Waals surface area (Å²) in [6.07, 6.45) is 5.51. The van der Waals surface area contributed by atoms with Gasteiger partial charge in [0.2, 0.25) is 0 Å². The molecule has 0 amide bonds. The van der Waals surface area contributed by atoms with Gasteiger partial charge in [0, 0.05) is 0 Å². The fourth-order valence-corrected chi connectivity index (χ4v) is 0.925. The van der Waals surface area contributed by atoms with Gasteiger partial charge in [-0.3, -0.25) is 4.79 Å². The Morgan fingerprint density at radius 1 is 1.07 bits per heavy atom. The molecular formula is C12H22O3. The molecule has 0 radical (unpaired) electrons. The second-order valence-electron chi connectivity index (χ2n) is 3.48. The zero-order valence-electron chi connectivity index (χ0n) is 10.0. The number of unbranched alkanes of at least 4 members (excludes halogenated alkanes) is 2. The van der Waals surface area contributed by atoms with E-state index in [0.717, 1.165) is 25.7 Å². The molecule has 0 aliphatic heterocycles. The van der Waals surface area contributed by atoms with Crippen LogP contribution in [0.15, 0.2) is 12.0 Å². The monoisotopic (exact) mass is 214 g/mol. The van der Waals surface area contributed by atoms with Crippen LogP contribution in [-0.2, 0) is 14.3 Å². The fourth-order valence-electron chi connectivity index (χ4n) is 0.925. The smallest absolute Gasteiger partial charge is 0.282 e. The van der Waals surface area contributed by atoms with E-state index in [-0.39, 0.29) is 5.78 Å². The lowest BCUT2D eigenvalue weighted by molar-refractivity contribution is -0.113. The first-order chi connectivity index (χ1) is 7.20. The van der Waals surface area contributed by atoms with E-state index < -0.39 is 0 Å². The first-order valence-corrected chi connectivity index (χ1v) is 5.68. The molecule has 0 rings (SSSR count). The van der Waals surface area contributed by atoms with Crippen LogP contribution >= 0.6 is 0 Å². The molecule has 0 aliphatic carbocycles. The molecule has 0 aromatic carbocycles. The van der Waals surface area contributed by atoms with Crippen LogP contribution in [0.2, 0.25) is 0 Å². The Morgan fingerprint density at radius 2 is 1.53 bits per heavy atom. The van der Waals surface area contributed by atoms with Gasteiger partial charge in [-0.05, 0) is 19.8 Å². The van der Waals surface area contributed by atoms with Gasteiger partial charge in [-0.2, -0.15) is 0 Å². The number of ketones is 1. The maximum Gasteiger partial charge on any atom is 0.282 e. The molecule has 0 atom stereocenters. The highest BCUT2D eigenvalue weighted by Gasteiger charge is 2.01. The molecule has 0 saturated carbocycles. The van der Waals surface area contributed by atoms with E-state index in [2.05, 4.69) is 13.8 Å². The summed E-state index contributed by atoms with van der Waals surface area (Å²) in [5, 5.41) is 0. The molecule has 3 nitrogen and oxygen atoms in total. The van der Waals surface area contributed by atoms with E-state index in [4.69, 9.17) is 9.47 Å². The minimum absolute atomic E-state index is 0.0435. The third kappa shape index (κ3) is 9.32. The molecule has 0 unspecified atom stereocenters. The zero-order chi connectivity index (χ0) is 11.5. The van der Waals surface area contributed by atoms with Gasteiger partial charge in [0.1, 0.15) is 0 Å². The summed E-state index contributed by atoms with van der Waals surface area (Å²) < 4.78 is 10.7. The number of carbonyl (C=O) groups is 1. The Morgan fingerprint density at radius 3 is 1.87 bits per heavy atom. The molecule has 0 aliphatic rings. The molecule has 88 valence electrons. The molecule has 3 heteroatoms. The standard InChI is InChI=1S/C12H22O3/c1-4-6-8-14-12(10-11(3)13)15-9-7-5-2/h10H,4-9H2,1-3H3.